The van der Waals surface area contributed by atoms with Crippen molar-refractivity contribution >= 4 is 12.0 Å². The summed E-state index contributed by atoms with van der Waals surface area (Å²) in [5.41, 5.74) is -0.476. The third-order valence-corrected chi connectivity index (χ3v) is 2.64. The average molecular weight is 212 g/mol. The first kappa shape index (κ1) is 10.3. The van der Waals surface area contributed by atoms with Crippen LogP contribution in [0.3, 0.4) is 0 Å². The molecular weight excluding hydrogens is 196 g/mol. The minimum atomic E-state index is -0.476. The van der Waals surface area contributed by atoms with Gasteiger partial charge in [-0.2, -0.15) is 0 Å². The number of carbonyl (C=O) groups excluding carboxylic acids is 2. The fraction of sp³-hybridized carbons (Fsp3) is 0.800. The van der Waals surface area contributed by atoms with Crippen LogP contribution in [0.2, 0.25) is 0 Å². The number of ether oxygens (including phenoxy) is 1. The lowest BCUT2D eigenvalue weighted by molar-refractivity contribution is -0.132. The van der Waals surface area contributed by atoms with Crippen molar-refractivity contribution < 1.29 is 14.3 Å². The predicted molar refractivity (Wildman–Crippen MR) is 53.2 cm³/mol. The van der Waals surface area contributed by atoms with Crippen molar-refractivity contribution in [2.45, 2.75) is 32.4 Å². The second-order valence-corrected chi connectivity index (χ2v) is 5.11. The zero-order valence-corrected chi connectivity index (χ0v) is 9.24. The number of fused-ring (bicyclic) bond motifs is 1. The van der Waals surface area contributed by atoms with Crippen molar-refractivity contribution in [1.29, 1.82) is 0 Å². The molecule has 2 rings (SSSR count). The summed E-state index contributed by atoms with van der Waals surface area (Å²) < 4.78 is 5.23. The van der Waals surface area contributed by atoms with Gasteiger partial charge in [0.15, 0.2) is 0 Å². The number of hydrogen-bond acceptors (Lipinski definition) is 3. The number of hydrogen-bond donors (Lipinski definition) is 1. The van der Waals surface area contributed by atoms with Crippen molar-refractivity contribution in [3.8, 4) is 0 Å². The molecule has 84 valence electrons. The van der Waals surface area contributed by atoms with Crippen LogP contribution in [0.4, 0.5) is 4.79 Å². The summed E-state index contributed by atoms with van der Waals surface area (Å²) in [6.45, 7) is 6.56. The number of nitrogens with one attached hydrogen (secondary N) is 1. The molecule has 2 fully saturated rings. The zero-order valence-electron chi connectivity index (χ0n) is 9.24. The van der Waals surface area contributed by atoms with E-state index in [9.17, 15) is 9.59 Å². The molecule has 0 unspecified atom stereocenters. The van der Waals surface area contributed by atoms with Gasteiger partial charge in [-0.3, -0.25) is 4.79 Å². The lowest BCUT2D eigenvalue weighted by Gasteiger charge is -2.28. The molecule has 0 radical (unpaired) electrons. The van der Waals surface area contributed by atoms with Crippen LogP contribution in [0.15, 0.2) is 0 Å². The van der Waals surface area contributed by atoms with Gasteiger partial charge in [0.05, 0.1) is 12.0 Å². The molecular formula is C10H16N2O3. The van der Waals surface area contributed by atoms with E-state index in [0.29, 0.717) is 13.1 Å². The summed E-state index contributed by atoms with van der Waals surface area (Å²) in [7, 11) is 0. The number of nitrogens with zero attached hydrogens (tertiary/aromatic N) is 1. The molecule has 0 bridgehead atoms. The van der Waals surface area contributed by atoms with E-state index in [1.54, 1.807) is 4.90 Å². The van der Waals surface area contributed by atoms with Gasteiger partial charge < -0.3 is 15.0 Å². The van der Waals surface area contributed by atoms with Gasteiger partial charge in [-0.25, -0.2) is 4.79 Å². The summed E-state index contributed by atoms with van der Waals surface area (Å²) >= 11 is 0. The van der Waals surface area contributed by atoms with E-state index in [4.69, 9.17) is 4.74 Å². The molecule has 2 aliphatic rings. The van der Waals surface area contributed by atoms with Crippen LogP contribution in [0.5, 0.6) is 0 Å². The molecule has 15 heavy (non-hydrogen) atoms. The van der Waals surface area contributed by atoms with E-state index in [1.165, 1.54) is 0 Å². The van der Waals surface area contributed by atoms with E-state index >= 15 is 0 Å². The Hall–Kier alpha value is -1.26. The highest BCUT2D eigenvalue weighted by atomic mass is 16.6. The highest BCUT2D eigenvalue weighted by molar-refractivity contribution is 5.88. The standard InChI is InChI=1S/C10H16N2O3/c1-10(2,3)15-9(14)12-4-6-7(5-12)11-8(6)13/h6-7H,4-5H2,1-3H3,(H,11,13)/t6-,7-/m0/s1. The van der Waals surface area contributed by atoms with Gasteiger partial charge in [-0.1, -0.05) is 0 Å². The van der Waals surface area contributed by atoms with E-state index < -0.39 is 5.60 Å². The van der Waals surface area contributed by atoms with Gasteiger partial charge in [0.25, 0.3) is 0 Å². The van der Waals surface area contributed by atoms with Crippen LogP contribution < -0.4 is 5.32 Å². The maximum Gasteiger partial charge on any atom is 0.410 e. The molecule has 2 aliphatic heterocycles. The molecule has 2 atom stereocenters. The Bertz CT molecular complexity index is 308. The minimum Gasteiger partial charge on any atom is -0.444 e. The Morgan fingerprint density at radius 1 is 1.47 bits per heavy atom. The lowest BCUT2D eigenvalue weighted by Crippen LogP contribution is -2.57. The predicted octanol–water partition coefficient (Wildman–Crippen LogP) is 0.352. The highest BCUT2D eigenvalue weighted by Gasteiger charge is 2.48. The average Bonchev–Trinajstić information content (AvgIpc) is 2.39. The quantitative estimate of drug-likeness (QED) is 0.589. The summed E-state index contributed by atoms with van der Waals surface area (Å²) in [6.07, 6.45) is -0.327. The lowest BCUT2D eigenvalue weighted by atomic mass is 9.95. The molecule has 0 aromatic heterocycles. The highest BCUT2D eigenvalue weighted by Crippen LogP contribution is 2.25. The first-order chi connectivity index (χ1) is 6.87. The van der Waals surface area contributed by atoms with Gasteiger partial charge in [0, 0.05) is 13.1 Å². The minimum absolute atomic E-state index is 0.0162. The summed E-state index contributed by atoms with van der Waals surface area (Å²) in [6, 6.07) is 0.144. The summed E-state index contributed by atoms with van der Waals surface area (Å²) in [4.78, 5) is 24.3. The van der Waals surface area contributed by atoms with E-state index in [1.807, 2.05) is 20.8 Å². The zero-order chi connectivity index (χ0) is 11.2. The second kappa shape index (κ2) is 3.12. The van der Waals surface area contributed by atoms with Gasteiger partial charge in [-0.05, 0) is 20.8 Å². The normalized spacial score (nSPS) is 29.3. The Morgan fingerprint density at radius 2 is 2.13 bits per heavy atom. The summed E-state index contributed by atoms with van der Waals surface area (Å²) in [5, 5.41) is 2.76. The van der Waals surface area contributed by atoms with E-state index in [-0.39, 0.29) is 24.0 Å². The molecule has 2 heterocycles. The van der Waals surface area contributed by atoms with Crippen molar-refractivity contribution in [2.75, 3.05) is 13.1 Å². The van der Waals surface area contributed by atoms with Crippen molar-refractivity contribution in [1.82, 2.24) is 10.2 Å². The molecule has 5 heteroatoms. The van der Waals surface area contributed by atoms with Crippen LogP contribution in [-0.4, -0.2) is 41.6 Å². The molecule has 2 amide bonds. The molecule has 0 spiro atoms. The van der Waals surface area contributed by atoms with Crippen LogP contribution in [0, 0.1) is 5.92 Å². The first-order valence-electron chi connectivity index (χ1n) is 5.15. The summed E-state index contributed by atoms with van der Waals surface area (Å²) in [5.74, 6) is 0.0311. The van der Waals surface area contributed by atoms with Gasteiger partial charge >= 0.3 is 6.09 Å². The molecule has 2 saturated heterocycles. The van der Waals surface area contributed by atoms with Crippen molar-refractivity contribution in [3.05, 3.63) is 0 Å². The van der Waals surface area contributed by atoms with Crippen LogP contribution in [0.1, 0.15) is 20.8 Å². The molecule has 5 nitrogen and oxygen atoms in total. The van der Waals surface area contributed by atoms with Gasteiger partial charge in [0.2, 0.25) is 5.91 Å². The number of likely N-dealkylation sites (tertiary alicyclic amines) is 1. The topological polar surface area (TPSA) is 58.6 Å². The third kappa shape index (κ3) is 1.91. The van der Waals surface area contributed by atoms with Gasteiger partial charge in [0.1, 0.15) is 5.60 Å². The SMILES string of the molecule is CC(C)(C)OC(=O)N1C[C@@H]2NC(=O)[C@H]2C1. The largest absolute Gasteiger partial charge is 0.444 e. The molecule has 0 aliphatic carbocycles. The first-order valence-corrected chi connectivity index (χ1v) is 5.15. The van der Waals surface area contributed by atoms with Gasteiger partial charge in [-0.15, -0.1) is 0 Å². The number of rotatable bonds is 0. The van der Waals surface area contributed by atoms with Crippen molar-refractivity contribution in [2.24, 2.45) is 5.92 Å². The maximum atomic E-state index is 11.7. The van der Waals surface area contributed by atoms with Crippen LogP contribution >= 0.6 is 0 Å². The fourth-order valence-electron chi connectivity index (χ4n) is 1.88. The Morgan fingerprint density at radius 3 is 2.60 bits per heavy atom. The fourth-order valence-corrected chi connectivity index (χ4v) is 1.88. The monoisotopic (exact) mass is 212 g/mol. The molecule has 0 aromatic carbocycles. The van der Waals surface area contributed by atoms with E-state index in [2.05, 4.69) is 5.32 Å². The van der Waals surface area contributed by atoms with Crippen LogP contribution in [-0.2, 0) is 9.53 Å². The Labute approximate surface area is 88.8 Å². The number of carbonyl (C=O) groups is 2. The second-order valence-electron chi connectivity index (χ2n) is 5.11. The number of β-lactam (4-membered cyclic amide) rings is 1. The van der Waals surface area contributed by atoms with Crippen molar-refractivity contribution in [3.63, 3.8) is 0 Å². The Balaban J connectivity index is 1.91. The van der Waals surface area contributed by atoms with Crippen LogP contribution in [0.25, 0.3) is 0 Å². The Kier molecular flexibility index (Phi) is 2.13. The maximum absolute atomic E-state index is 11.7. The molecule has 1 N–H and O–H groups in total. The molecule has 0 saturated carbocycles. The van der Waals surface area contributed by atoms with E-state index in [0.717, 1.165) is 0 Å². The number of amides is 2. The third-order valence-electron chi connectivity index (χ3n) is 2.64. The molecule has 0 aromatic rings. The smallest absolute Gasteiger partial charge is 0.410 e.